The molecule has 0 bridgehead atoms. The van der Waals surface area contributed by atoms with Crippen LogP contribution in [-0.4, -0.2) is 18.5 Å². The molecule has 4 nitrogen and oxygen atoms in total. The van der Waals surface area contributed by atoms with E-state index < -0.39 is 0 Å². The monoisotopic (exact) mass is 366 g/mol. The minimum absolute atomic E-state index is 0.319. The van der Waals surface area contributed by atoms with Crippen molar-refractivity contribution in [2.45, 2.75) is 39.0 Å². The van der Waals surface area contributed by atoms with Crippen LogP contribution in [0.5, 0.6) is 5.75 Å². The molecule has 27 heavy (non-hydrogen) atoms. The van der Waals surface area contributed by atoms with Crippen LogP contribution in [-0.2, 0) is 16.0 Å². The number of hydrogen-bond donors (Lipinski definition) is 0. The van der Waals surface area contributed by atoms with E-state index in [-0.39, 0.29) is 11.9 Å². The third-order valence-electron chi connectivity index (χ3n) is 4.08. The molecule has 0 N–H and O–H groups in total. The zero-order valence-electron chi connectivity index (χ0n) is 15.8. The van der Waals surface area contributed by atoms with Gasteiger partial charge in [0.2, 0.25) is 0 Å². The Morgan fingerprint density at radius 1 is 0.889 bits per heavy atom. The number of carbonyl (C=O) groups excluding carboxylic acids is 2. The van der Waals surface area contributed by atoms with Crippen molar-refractivity contribution in [3.63, 3.8) is 0 Å². The number of aryl methyl sites for hydroxylation is 1. The molecule has 0 spiro atoms. The first-order chi connectivity index (χ1) is 13.1. The van der Waals surface area contributed by atoms with Crippen LogP contribution in [0, 0.1) is 0 Å². The largest absolute Gasteiger partial charge is 0.462 e. The summed E-state index contributed by atoms with van der Waals surface area (Å²) >= 11 is 0. The Hall–Kier alpha value is -2.88. The molecule has 2 aromatic carbocycles. The van der Waals surface area contributed by atoms with Crippen molar-refractivity contribution in [1.82, 2.24) is 0 Å². The van der Waals surface area contributed by atoms with Crippen LogP contribution in [0.4, 0.5) is 0 Å². The third kappa shape index (κ3) is 7.48. The van der Waals surface area contributed by atoms with Gasteiger partial charge in [0.25, 0.3) is 0 Å². The Bertz CT molecular complexity index is 748. The molecule has 0 saturated heterocycles. The SMILES string of the molecule is C=C(C)C(=O)OCCCCCCc1ccc(C(=O)Oc2ccccc2)cc1. The number of benzene rings is 2. The zero-order valence-corrected chi connectivity index (χ0v) is 15.8. The zero-order chi connectivity index (χ0) is 19.5. The maximum Gasteiger partial charge on any atom is 0.343 e. The topological polar surface area (TPSA) is 52.6 Å². The van der Waals surface area contributed by atoms with Crippen molar-refractivity contribution in [2.75, 3.05) is 6.61 Å². The van der Waals surface area contributed by atoms with Gasteiger partial charge in [-0.25, -0.2) is 9.59 Å². The van der Waals surface area contributed by atoms with Gasteiger partial charge in [0.1, 0.15) is 5.75 Å². The van der Waals surface area contributed by atoms with Gasteiger partial charge in [-0.3, -0.25) is 0 Å². The first-order valence-corrected chi connectivity index (χ1v) is 9.25. The Balaban J connectivity index is 1.65. The number of para-hydroxylation sites is 1. The van der Waals surface area contributed by atoms with Crippen molar-refractivity contribution in [3.8, 4) is 5.75 Å². The molecule has 142 valence electrons. The molecule has 0 heterocycles. The second-order valence-corrected chi connectivity index (χ2v) is 6.48. The van der Waals surface area contributed by atoms with Gasteiger partial charge in [-0.05, 0) is 56.0 Å². The fraction of sp³-hybridized carbons (Fsp3) is 0.304. The van der Waals surface area contributed by atoms with Gasteiger partial charge in [0.15, 0.2) is 0 Å². The molecule has 2 rings (SSSR count). The number of unbranched alkanes of at least 4 members (excludes halogenated alkanes) is 3. The Morgan fingerprint density at radius 2 is 1.56 bits per heavy atom. The molecule has 0 aliphatic heterocycles. The van der Waals surface area contributed by atoms with E-state index in [9.17, 15) is 9.59 Å². The quantitative estimate of drug-likeness (QED) is 0.253. The second-order valence-electron chi connectivity index (χ2n) is 6.48. The summed E-state index contributed by atoms with van der Waals surface area (Å²) in [7, 11) is 0. The Morgan fingerprint density at radius 3 is 2.22 bits per heavy atom. The van der Waals surface area contributed by atoms with Crippen LogP contribution in [0.3, 0.4) is 0 Å². The van der Waals surface area contributed by atoms with Crippen LogP contribution in [0.15, 0.2) is 66.7 Å². The molecule has 0 unspecified atom stereocenters. The first kappa shape index (κ1) is 20.4. The van der Waals surface area contributed by atoms with Gasteiger partial charge >= 0.3 is 11.9 Å². The summed E-state index contributed by atoms with van der Waals surface area (Å²) in [5, 5.41) is 0. The normalized spacial score (nSPS) is 10.3. The highest BCUT2D eigenvalue weighted by atomic mass is 16.5. The van der Waals surface area contributed by atoms with Crippen molar-refractivity contribution < 1.29 is 19.1 Å². The second kappa shape index (κ2) is 11.0. The van der Waals surface area contributed by atoms with Gasteiger partial charge < -0.3 is 9.47 Å². The van der Waals surface area contributed by atoms with Gasteiger partial charge in [-0.15, -0.1) is 0 Å². The highest BCUT2D eigenvalue weighted by Crippen LogP contribution is 2.14. The smallest absolute Gasteiger partial charge is 0.343 e. The molecule has 0 aliphatic rings. The van der Waals surface area contributed by atoms with Crippen LogP contribution < -0.4 is 4.74 Å². The van der Waals surface area contributed by atoms with Crippen LogP contribution in [0.1, 0.15) is 48.5 Å². The lowest BCUT2D eigenvalue weighted by Gasteiger charge is -2.06. The molecule has 0 aromatic heterocycles. The summed E-state index contributed by atoms with van der Waals surface area (Å²) in [6.07, 6.45) is 4.97. The molecular weight excluding hydrogens is 340 g/mol. The molecule has 0 amide bonds. The molecule has 0 radical (unpaired) electrons. The number of ether oxygens (including phenoxy) is 2. The predicted octanol–water partition coefficient (Wildman–Crippen LogP) is 5.13. The van der Waals surface area contributed by atoms with Crippen molar-refractivity contribution in [3.05, 3.63) is 77.9 Å². The van der Waals surface area contributed by atoms with Gasteiger partial charge in [-0.2, -0.15) is 0 Å². The maximum absolute atomic E-state index is 12.1. The van der Waals surface area contributed by atoms with E-state index in [1.165, 1.54) is 5.56 Å². The Labute approximate surface area is 160 Å². The lowest BCUT2D eigenvalue weighted by molar-refractivity contribution is -0.139. The number of carbonyl (C=O) groups is 2. The molecule has 2 aromatic rings. The Kier molecular flexibility index (Phi) is 8.30. The van der Waals surface area contributed by atoms with E-state index in [1.54, 1.807) is 31.2 Å². The molecule has 4 heteroatoms. The fourth-order valence-electron chi connectivity index (χ4n) is 2.53. The molecule has 0 aliphatic carbocycles. The highest BCUT2D eigenvalue weighted by molar-refractivity contribution is 5.91. The lowest BCUT2D eigenvalue weighted by atomic mass is 10.0. The summed E-state index contributed by atoms with van der Waals surface area (Å²) in [5.74, 6) is -0.126. The summed E-state index contributed by atoms with van der Waals surface area (Å²) in [6, 6.07) is 16.6. The summed E-state index contributed by atoms with van der Waals surface area (Å²) in [6.45, 7) is 5.65. The van der Waals surface area contributed by atoms with Crippen LogP contribution in [0.25, 0.3) is 0 Å². The van der Waals surface area contributed by atoms with Gasteiger partial charge in [0, 0.05) is 5.57 Å². The van der Waals surface area contributed by atoms with E-state index in [0.717, 1.165) is 32.1 Å². The number of esters is 2. The fourth-order valence-corrected chi connectivity index (χ4v) is 2.53. The average molecular weight is 366 g/mol. The van der Waals surface area contributed by atoms with Gasteiger partial charge in [0.05, 0.1) is 12.2 Å². The molecule has 0 saturated carbocycles. The van der Waals surface area contributed by atoms with Crippen molar-refractivity contribution in [2.24, 2.45) is 0 Å². The number of rotatable bonds is 10. The summed E-state index contributed by atoms with van der Waals surface area (Å²) in [4.78, 5) is 23.4. The first-order valence-electron chi connectivity index (χ1n) is 9.25. The lowest BCUT2D eigenvalue weighted by Crippen LogP contribution is -2.08. The summed E-state index contributed by atoms with van der Waals surface area (Å²) < 4.78 is 10.4. The maximum atomic E-state index is 12.1. The van der Waals surface area contributed by atoms with Gasteiger partial charge in [-0.1, -0.05) is 49.8 Å². The highest BCUT2D eigenvalue weighted by Gasteiger charge is 2.08. The van der Waals surface area contributed by atoms with Crippen molar-refractivity contribution in [1.29, 1.82) is 0 Å². The average Bonchev–Trinajstić information content (AvgIpc) is 2.68. The van der Waals surface area contributed by atoms with E-state index in [4.69, 9.17) is 9.47 Å². The predicted molar refractivity (Wildman–Crippen MR) is 106 cm³/mol. The van der Waals surface area contributed by atoms with E-state index in [2.05, 4.69) is 6.58 Å². The van der Waals surface area contributed by atoms with E-state index in [1.807, 2.05) is 30.3 Å². The number of hydrogen-bond acceptors (Lipinski definition) is 4. The standard InChI is InChI=1S/C23H26O4/c1-18(2)22(24)26-17-9-4-3-6-10-19-13-15-20(16-14-19)23(25)27-21-11-7-5-8-12-21/h5,7-8,11-16H,1,3-4,6,9-10,17H2,2H3. The molecule has 0 fully saturated rings. The van der Waals surface area contributed by atoms with E-state index >= 15 is 0 Å². The van der Waals surface area contributed by atoms with Crippen molar-refractivity contribution >= 4 is 11.9 Å². The van der Waals surface area contributed by atoms with E-state index in [0.29, 0.717) is 23.5 Å². The molecule has 0 atom stereocenters. The summed E-state index contributed by atoms with van der Waals surface area (Å²) in [5.41, 5.74) is 2.17. The molecular formula is C23H26O4. The van der Waals surface area contributed by atoms with Crippen LogP contribution >= 0.6 is 0 Å². The third-order valence-corrected chi connectivity index (χ3v) is 4.08. The minimum atomic E-state index is -0.350. The minimum Gasteiger partial charge on any atom is -0.462 e. The van der Waals surface area contributed by atoms with Crippen LogP contribution in [0.2, 0.25) is 0 Å².